The van der Waals surface area contributed by atoms with E-state index in [-0.39, 0.29) is 11.4 Å². The number of nitrogens with zero attached hydrogens (tertiary/aromatic N) is 2. The molecule has 7 heteroatoms. The number of hydrogen-bond donors (Lipinski definition) is 1. The number of rotatable bonds is 7. The molecular weight excluding hydrogens is 262 g/mol. The Bertz CT molecular complexity index is 528. The van der Waals surface area contributed by atoms with E-state index in [1.54, 1.807) is 0 Å². The second-order valence-corrected chi connectivity index (χ2v) is 5.10. The molecule has 1 unspecified atom stereocenters. The normalized spacial score (nSPS) is 15.8. The van der Waals surface area contributed by atoms with E-state index in [9.17, 15) is 20.2 Å². The molecule has 1 N–H and O–H groups in total. The predicted molar refractivity (Wildman–Crippen MR) is 73.6 cm³/mol. The largest absolute Gasteiger partial charge is 0.317 e. The van der Waals surface area contributed by atoms with Crippen molar-refractivity contribution >= 4 is 11.4 Å². The fourth-order valence-electron chi connectivity index (χ4n) is 2.47. The second-order valence-electron chi connectivity index (χ2n) is 5.10. The van der Waals surface area contributed by atoms with E-state index in [0.29, 0.717) is 23.9 Å². The highest BCUT2D eigenvalue weighted by molar-refractivity contribution is 5.49. The third-order valence-corrected chi connectivity index (χ3v) is 3.76. The summed E-state index contributed by atoms with van der Waals surface area (Å²) in [4.78, 5) is 20.5. The predicted octanol–water partition coefficient (Wildman–Crippen LogP) is 2.43. The zero-order valence-corrected chi connectivity index (χ0v) is 11.2. The molecule has 0 amide bonds. The molecule has 0 spiro atoms. The van der Waals surface area contributed by atoms with Crippen molar-refractivity contribution < 1.29 is 9.85 Å². The second kappa shape index (κ2) is 5.96. The molecule has 108 valence electrons. The van der Waals surface area contributed by atoms with Gasteiger partial charge in [0.1, 0.15) is 0 Å². The Labute approximate surface area is 116 Å². The van der Waals surface area contributed by atoms with Crippen molar-refractivity contribution in [3.8, 4) is 0 Å². The van der Waals surface area contributed by atoms with Gasteiger partial charge in [0.2, 0.25) is 0 Å². The molecule has 1 aliphatic carbocycles. The highest BCUT2D eigenvalue weighted by atomic mass is 16.6. The van der Waals surface area contributed by atoms with Gasteiger partial charge in [0.15, 0.2) is 0 Å². The average molecular weight is 279 g/mol. The molecule has 1 aromatic carbocycles. The van der Waals surface area contributed by atoms with Crippen LogP contribution in [0.1, 0.15) is 24.8 Å². The fourth-order valence-corrected chi connectivity index (χ4v) is 2.47. The molecular formula is C13H17N3O4. The van der Waals surface area contributed by atoms with Crippen LogP contribution in [0.2, 0.25) is 0 Å². The van der Waals surface area contributed by atoms with E-state index >= 15 is 0 Å². The summed E-state index contributed by atoms with van der Waals surface area (Å²) in [5.41, 5.74) is 0.152. The maximum absolute atomic E-state index is 11.0. The van der Waals surface area contributed by atoms with Gasteiger partial charge in [0.25, 0.3) is 11.4 Å². The van der Waals surface area contributed by atoms with Crippen LogP contribution in [-0.4, -0.2) is 22.9 Å². The standard InChI is InChI=1S/C13H17N3O4/c1-14-12(9-2-3-9)7-5-10-4-6-11(15(17)18)8-13(10)16(19)20/h4,6,8-9,12,14H,2-3,5,7H2,1H3. The summed E-state index contributed by atoms with van der Waals surface area (Å²) in [7, 11) is 1.90. The van der Waals surface area contributed by atoms with Gasteiger partial charge in [-0.3, -0.25) is 20.2 Å². The van der Waals surface area contributed by atoms with Crippen LogP contribution >= 0.6 is 0 Å². The van der Waals surface area contributed by atoms with Crippen LogP contribution in [0.4, 0.5) is 11.4 Å². The zero-order valence-electron chi connectivity index (χ0n) is 11.2. The summed E-state index contributed by atoms with van der Waals surface area (Å²) in [6, 6.07) is 4.23. The topological polar surface area (TPSA) is 98.3 Å². The van der Waals surface area contributed by atoms with Gasteiger partial charge in [-0.05, 0) is 44.7 Å². The summed E-state index contributed by atoms with van der Waals surface area (Å²) >= 11 is 0. The summed E-state index contributed by atoms with van der Waals surface area (Å²) < 4.78 is 0. The first-order chi connectivity index (χ1) is 9.52. The van der Waals surface area contributed by atoms with Gasteiger partial charge in [-0.25, -0.2) is 0 Å². The van der Waals surface area contributed by atoms with Crippen LogP contribution in [-0.2, 0) is 6.42 Å². The van der Waals surface area contributed by atoms with Crippen molar-refractivity contribution in [1.82, 2.24) is 5.32 Å². The monoisotopic (exact) mass is 279 g/mol. The molecule has 0 aromatic heterocycles. The molecule has 0 radical (unpaired) electrons. The summed E-state index contributed by atoms with van der Waals surface area (Å²) in [5.74, 6) is 0.664. The molecule has 1 aliphatic rings. The Balaban J connectivity index is 2.13. The molecule has 0 bridgehead atoms. The van der Waals surface area contributed by atoms with E-state index in [0.717, 1.165) is 12.5 Å². The number of aryl methyl sites for hydroxylation is 1. The van der Waals surface area contributed by atoms with Gasteiger partial charge in [-0.15, -0.1) is 0 Å². The molecule has 1 atom stereocenters. The fraction of sp³-hybridized carbons (Fsp3) is 0.538. The van der Waals surface area contributed by atoms with Crippen molar-refractivity contribution in [1.29, 1.82) is 0 Å². The Hall–Kier alpha value is -2.02. The third kappa shape index (κ3) is 3.30. The van der Waals surface area contributed by atoms with Gasteiger partial charge in [0.05, 0.1) is 15.9 Å². The molecule has 2 rings (SSSR count). The Morgan fingerprint density at radius 3 is 2.50 bits per heavy atom. The summed E-state index contributed by atoms with van der Waals surface area (Å²) in [5, 5.41) is 24.9. The maximum Gasteiger partial charge on any atom is 0.279 e. The Kier molecular flexibility index (Phi) is 4.29. The van der Waals surface area contributed by atoms with E-state index in [4.69, 9.17) is 0 Å². The van der Waals surface area contributed by atoms with Crippen LogP contribution in [0.25, 0.3) is 0 Å². The highest BCUT2D eigenvalue weighted by Crippen LogP contribution is 2.35. The third-order valence-electron chi connectivity index (χ3n) is 3.76. The first-order valence-electron chi connectivity index (χ1n) is 6.62. The van der Waals surface area contributed by atoms with Crippen molar-refractivity contribution in [2.24, 2.45) is 5.92 Å². The number of nitrogens with one attached hydrogen (secondary N) is 1. The number of hydrogen-bond acceptors (Lipinski definition) is 5. The van der Waals surface area contributed by atoms with Crippen LogP contribution in [0, 0.1) is 26.1 Å². The minimum Gasteiger partial charge on any atom is -0.317 e. The van der Waals surface area contributed by atoms with E-state index in [1.807, 2.05) is 7.05 Å². The highest BCUT2D eigenvalue weighted by Gasteiger charge is 2.30. The quantitative estimate of drug-likeness (QED) is 0.610. The average Bonchev–Trinajstić information content (AvgIpc) is 3.23. The van der Waals surface area contributed by atoms with Crippen LogP contribution in [0.15, 0.2) is 18.2 Å². The maximum atomic E-state index is 11.0. The molecule has 0 saturated heterocycles. The molecule has 7 nitrogen and oxygen atoms in total. The van der Waals surface area contributed by atoms with E-state index < -0.39 is 9.85 Å². The lowest BCUT2D eigenvalue weighted by molar-refractivity contribution is -0.394. The van der Waals surface area contributed by atoms with E-state index in [2.05, 4.69) is 5.32 Å². The minimum atomic E-state index is -0.614. The number of non-ortho nitro benzene ring substituents is 1. The Morgan fingerprint density at radius 1 is 1.30 bits per heavy atom. The molecule has 0 heterocycles. The summed E-state index contributed by atoms with van der Waals surface area (Å²) in [6.45, 7) is 0. The van der Waals surface area contributed by atoms with Crippen molar-refractivity contribution in [2.75, 3.05) is 7.05 Å². The van der Waals surface area contributed by atoms with Crippen molar-refractivity contribution in [2.45, 2.75) is 31.7 Å². The first-order valence-corrected chi connectivity index (χ1v) is 6.62. The van der Waals surface area contributed by atoms with Crippen LogP contribution in [0.3, 0.4) is 0 Å². The molecule has 1 fully saturated rings. The molecule has 1 saturated carbocycles. The van der Waals surface area contributed by atoms with Gasteiger partial charge < -0.3 is 5.32 Å². The van der Waals surface area contributed by atoms with Crippen molar-refractivity contribution in [3.63, 3.8) is 0 Å². The lowest BCUT2D eigenvalue weighted by Gasteiger charge is -2.14. The van der Waals surface area contributed by atoms with Gasteiger partial charge in [-0.2, -0.15) is 0 Å². The number of nitro groups is 2. The zero-order chi connectivity index (χ0) is 14.7. The van der Waals surface area contributed by atoms with Gasteiger partial charge in [0, 0.05) is 17.7 Å². The summed E-state index contributed by atoms with van der Waals surface area (Å²) in [6.07, 6.45) is 3.76. The van der Waals surface area contributed by atoms with Gasteiger partial charge >= 0.3 is 0 Å². The van der Waals surface area contributed by atoms with Crippen molar-refractivity contribution in [3.05, 3.63) is 44.0 Å². The SMILES string of the molecule is CNC(CCc1ccc([N+](=O)[O-])cc1[N+](=O)[O-])C1CC1. The smallest absolute Gasteiger partial charge is 0.279 e. The molecule has 1 aromatic rings. The number of nitro benzene ring substituents is 2. The van der Waals surface area contributed by atoms with Crippen LogP contribution < -0.4 is 5.32 Å². The molecule has 20 heavy (non-hydrogen) atoms. The van der Waals surface area contributed by atoms with Crippen LogP contribution in [0.5, 0.6) is 0 Å². The first kappa shape index (κ1) is 14.4. The number of benzene rings is 1. The minimum absolute atomic E-state index is 0.162. The lowest BCUT2D eigenvalue weighted by Crippen LogP contribution is -2.27. The lowest BCUT2D eigenvalue weighted by atomic mass is 10.0. The Morgan fingerprint density at radius 2 is 2.00 bits per heavy atom. The van der Waals surface area contributed by atoms with Gasteiger partial charge in [-0.1, -0.05) is 0 Å². The van der Waals surface area contributed by atoms with E-state index in [1.165, 1.54) is 25.0 Å². The molecule has 0 aliphatic heterocycles.